The quantitative estimate of drug-likeness (QED) is 0.820. The van der Waals surface area contributed by atoms with Gasteiger partial charge in [0.1, 0.15) is 6.54 Å². The van der Waals surface area contributed by atoms with Gasteiger partial charge in [-0.05, 0) is 25.2 Å². The van der Waals surface area contributed by atoms with Gasteiger partial charge in [0.15, 0.2) is 0 Å². The summed E-state index contributed by atoms with van der Waals surface area (Å²) in [5, 5.41) is 1.99. The molecule has 7 heteroatoms. The normalized spacial score (nSPS) is 26.5. The lowest BCUT2D eigenvalue weighted by Gasteiger charge is -2.47. The van der Waals surface area contributed by atoms with E-state index in [0.717, 1.165) is 25.7 Å². The van der Waals surface area contributed by atoms with Gasteiger partial charge in [-0.2, -0.15) is 13.2 Å². The molecule has 2 atom stereocenters. The number of urea groups is 1. The van der Waals surface area contributed by atoms with Crippen LogP contribution in [0.5, 0.6) is 0 Å². The van der Waals surface area contributed by atoms with E-state index < -0.39 is 24.3 Å². The van der Waals surface area contributed by atoms with Crippen molar-refractivity contribution in [1.29, 1.82) is 0 Å². The first-order valence-electron chi connectivity index (χ1n) is 7.56. The molecule has 4 nitrogen and oxygen atoms in total. The summed E-state index contributed by atoms with van der Waals surface area (Å²) in [6.45, 7) is 3.41. The van der Waals surface area contributed by atoms with Crippen LogP contribution in [0, 0.1) is 5.92 Å². The topological polar surface area (TPSA) is 58.4 Å². The van der Waals surface area contributed by atoms with Gasteiger partial charge in [-0.3, -0.25) is 0 Å². The molecule has 0 heterocycles. The van der Waals surface area contributed by atoms with E-state index in [1.807, 2.05) is 12.2 Å². The van der Waals surface area contributed by atoms with Crippen molar-refractivity contribution in [3.63, 3.8) is 0 Å². The number of nitrogens with one attached hydrogen (secondary N) is 1. The monoisotopic (exact) mass is 309 g/mol. The highest BCUT2D eigenvalue weighted by molar-refractivity contribution is 5.75. The fourth-order valence-electron chi connectivity index (χ4n) is 3.22. The number of nitrogens with zero attached hydrogens (tertiary/aromatic N) is 1. The Bertz CT molecular complexity index is 349. The SMILES string of the molecule is CCCN(C(=O)NCC(F)(F)F)C1(CN)CCCC(C)C1. The molecule has 1 aliphatic rings. The van der Waals surface area contributed by atoms with Crippen LogP contribution in [0.1, 0.15) is 46.0 Å². The van der Waals surface area contributed by atoms with Crippen LogP contribution in [0.2, 0.25) is 0 Å². The highest BCUT2D eigenvalue weighted by atomic mass is 19.4. The fourth-order valence-corrected chi connectivity index (χ4v) is 3.22. The van der Waals surface area contributed by atoms with Crippen molar-refractivity contribution >= 4 is 6.03 Å². The van der Waals surface area contributed by atoms with Gasteiger partial charge in [-0.25, -0.2) is 4.79 Å². The molecule has 0 aromatic heterocycles. The highest BCUT2D eigenvalue weighted by Gasteiger charge is 2.42. The Labute approximate surface area is 124 Å². The second-order valence-corrected chi connectivity index (χ2v) is 6.06. The molecule has 3 N–H and O–H groups in total. The highest BCUT2D eigenvalue weighted by Crippen LogP contribution is 2.36. The Hall–Kier alpha value is -0.980. The van der Waals surface area contributed by atoms with Crippen LogP contribution in [0.15, 0.2) is 0 Å². The van der Waals surface area contributed by atoms with E-state index in [1.54, 1.807) is 0 Å². The molecule has 1 fully saturated rings. The molecule has 0 aromatic rings. The zero-order valence-electron chi connectivity index (χ0n) is 12.8. The number of halogens is 3. The van der Waals surface area contributed by atoms with E-state index in [0.29, 0.717) is 18.9 Å². The van der Waals surface area contributed by atoms with Crippen LogP contribution in [-0.2, 0) is 0 Å². The second-order valence-electron chi connectivity index (χ2n) is 6.06. The number of rotatable bonds is 5. The van der Waals surface area contributed by atoms with Gasteiger partial charge >= 0.3 is 12.2 Å². The number of amides is 2. The molecule has 0 saturated heterocycles. The van der Waals surface area contributed by atoms with E-state index in [9.17, 15) is 18.0 Å². The minimum absolute atomic E-state index is 0.288. The number of hydrogen-bond donors (Lipinski definition) is 2. The Morgan fingerprint density at radius 1 is 1.48 bits per heavy atom. The maximum absolute atomic E-state index is 12.3. The largest absolute Gasteiger partial charge is 0.405 e. The molecule has 1 aliphatic carbocycles. The predicted octanol–water partition coefficient (Wildman–Crippen LogP) is 2.88. The smallest absolute Gasteiger partial charge is 0.329 e. The number of nitrogens with two attached hydrogens (primary N) is 1. The first-order valence-corrected chi connectivity index (χ1v) is 7.56. The number of alkyl halides is 3. The van der Waals surface area contributed by atoms with Gasteiger partial charge < -0.3 is 16.0 Å². The molecule has 1 saturated carbocycles. The van der Waals surface area contributed by atoms with E-state index in [-0.39, 0.29) is 6.54 Å². The van der Waals surface area contributed by atoms with Crippen molar-refractivity contribution in [1.82, 2.24) is 10.2 Å². The molecular formula is C14H26F3N3O. The van der Waals surface area contributed by atoms with Crippen LogP contribution in [0.25, 0.3) is 0 Å². The van der Waals surface area contributed by atoms with Crippen molar-refractivity contribution < 1.29 is 18.0 Å². The van der Waals surface area contributed by atoms with Crippen LogP contribution in [0.4, 0.5) is 18.0 Å². The summed E-state index contributed by atoms with van der Waals surface area (Å²) in [5.41, 5.74) is 5.40. The van der Waals surface area contributed by atoms with Crippen molar-refractivity contribution in [2.24, 2.45) is 11.7 Å². The predicted molar refractivity (Wildman–Crippen MR) is 75.9 cm³/mol. The summed E-state index contributed by atoms with van der Waals surface area (Å²) in [4.78, 5) is 13.7. The molecular weight excluding hydrogens is 283 g/mol. The van der Waals surface area contributed by atoms with Crippen molar-refractivity contribution in [2.45, 2.75) is 57.7 Å². The van der Waals surface area contributed by atoms with Crippen LogP contribution >= 0.6 is 0 Å². The fraction of sp³-hybridized carbons (Fsp3) is 0.929. The first kappa shape index (κ1) is 18.1. The minimum Gasteiger partial charge on any atom is -0.329 e. The number of hydrogen-bond acceptors (Lipinski definition) is 2. The zero-order valence-corrected chi connectivity index (χ0v) is 12.8. The molecule has 0 aliphatic heterocycles. The molecule has 0 radical (unpaired) electrons. The zero-order chi connectivity index (χ0) is 16.1. The van der Waals surface area contributed by atoms with Crippen molar-refractivity contribution in [2.75, 3.05) is 19.6 Å². The summed E-state index contributed by atoms with van der Waals surface area (Å²) in [7, 11) is 0. The van der Waals surface area contributed by atoms with Crippen LogP contribution in [-0.4, -0.2) is 42.3 Å². The lowest BCUT2D eigenvalue weighted by molar-refractivity contribution is -0.123. The van der Waals surface area contributed by atoms with Crippen LogP contribution in [0.3, 0.4) is 0 Å². The lowest BCUT2D eigenvalue weighted by atomic mass is 9.75. The molecule has 21 heavy (non-hydrogen) atoms. The average Bonchev–Trinajstić information content (AvgIpc) is 2.41. The molecule has 124 valence electrons. The first-order chi connectivity index (χ1) is 9.74. The maximum Gasteiger partial charge on any atom is 0.405 e. The molecule has 0 bridgehead atoms. The molecule has 1 rings (SSSR count). The third kappa shape index (κ3) is 5.05. The summed E-state index contributed by atoms with van der Waals surface area (Å²) < 4.78 is 36.9. The third-order valence-corrected chi connectivity index (χ3v) is 4.15. The summed E-state index contributed by atoms with van der Waals surface area (Å²) in [6, 6.07) is -0.659. The van der Waals surface area contributed by atoms with Gasteiger partial charge in [0, 0.05) is 13.1 Å². The molecule has 0 aromatic carbocycles. The van der Waals surface area contributed by atoms with Crippen LogP contribution < -0.4 is 11.1 Å². The van der Waals surface area contributed by atoms with E-state index >= 15 is 0 Å². The summed E-state index contributed by atoms with van der Waals surface area (Å²) >= 11 is 0. The summed E-state index contributed by atoms with van der Waals surface area (Å²) in [5.74, 6) is 0.428. The Kier molecular flexibility index (Phi) is 6.31. The third-order valence-electron chi connectivity index (χ3n) is 4.15. The Morgan fingerprint density at radius 2 is 2.14 bits per heavy atom. The Morgan fingerprint density at radius 3 is 2.62 bits per heavy atom. The Balaban J connectivity index is 2.84. The molecule has 2 amide bonds. The van der Waals surface area contributed by atoms with Gasteiger partial charge in [0.05, 0.1) is 5.54 Å². The van der Waals surface area contributed by atoms with Gasteiger partial charge in [-0.1, -0.05) is 26.7 Å². The van der Waals surface area contributed by atoms with E-state index in [4.69, 9.17) is 5.73 Å². The van der Waals surface area contributed by atoms with Gasteiger partial charge in [-0.15, -0.1) is 0 Å². The minimum atomic E-state index is -4.40. The van der Waals surface area contributed by atoms with Crippen molar-refractivity contribution in [3.8, 4) is 0 Å². The number of carbonyl (C=O) groups excluding carboxylic acids is 1. The molecule has 2 unspecified atom stereocenters. The summed E-state index contributed by atoms with van der Waals surface area (Å²) in [6.07, 6.45) is -0.175. The van der Waals surface area contributed by atoms with E-state index in [2.05, 4.69) is 6.92 Å². The van der Waals surface area contributed by atoms with Gasteiger partial charge in [0.2, 0.25) is 0 Å². The second kappa shape index (κ2) is 7.33. The van der Waals surface area contributed by atoms with Gasteiger partial charge in [0.25, 0.3) is 0 Å². The van der Waals surface area contributed by atoms with E-state index in [1.165, 1.54) is 4.90 Å². The number of carbonyl (C=O) groups is 1. The average molecular weight is 309 g/mol. The molecule has 0 spiro atoms. The maximum atomic E-state index is 12.3. The lowest BCUT2D eigenvalue weighted by Crippen LogP contribution is -2.61. The standard InChI is InChI=1S/C14H26F3N3O/c1-3-7-20(12(21)19-10-14(15,16)17)13(9-18)6-4-5-11(2)8-13/h11H,3-10,18H2,1-2H3,(H,19,21). The van der Waals surface area contributed by atoms with Crippen molar-refractivity contribution in [3.05, 3.63) is 0 Å².